The number of aromatic nitrogens is 1. The Balaban J connectivity index is 1.40. The van der Waals surface area contributed by atoms with Crippen molar-refractivity contribution in [2.24, 2.45) is 5.10 Å². The van der Waals surface area contributed by atoms with E-state index in [4.69, 9.17) is 16.0 Å². The summed E-state index contributed by atoms with van der Waals surface area (Å²) < 4.78 is 6.86. The van der Waals surface area contributed by atoms with Crippen molar-refractivity contribution in [3.63, 3.8) is 0 Å². The van der Waals surface area contributed by atoms with Crippen LogP contribution in [0, 0.1) is 0 Å². The fraction of sp³-hybridized carbons (Fsp3) is 0. The van der Waals surface area contributed by atoms with Gasteiger partial charge in [-0.25, -0.2) is 4.98 Å². The summed E-state index contributed by atoms with van der Waals surface area (Å²) in [6, 6.07) is 19.4. The number of furan rings is 1. The molecule has 2 aromatic heterocycles. The molecule has 0 unspecified atom stereocenters. The number of anilines is 1. The Morgan fingerprint density at radius 2 is 1.92 bits per heavy atom. The zero-order valence-corrected chi connectivity index (χ0v) is 15.2. The first-order valence-electron chi connectivity index (χ1n) is 7.44. The zero-order valence-electron chi connectivity index (χ0n) is 12.8. The maximum Gasteiger partial charge on any atom is 0.204 e. The van der Waals surface area contributed by atoms with Gasteiger partial charge in [0.15, 0.2) is 5.09 Å². The van der Waals surface area contributed by atoms with E-state index >= 15 is 0 Å². The van der Waals surface area contributed by atoms with Gasteiger partial charge in [0, 0.05) is 9.92 Å². The molecule has 25 heavy (non-hydrogen) atoms. The van der Waals surface area contributed by atoms with Crippen LogP contribution in [-0.4, -0.2) is 11.2 Å². The van der Waals surface area contributed by atoms with E-state index in [2.05, 4.69) is 15.5 Å². The van der Waals surface area contributed by atoms with E-state index < -0.39 is 0 Å². The van der Waals surface area contributed by atoms with Crippen LogP contribution in [0.4, 0.5) is 5.13 Å². The number of fused-ring (bicyclic) bond motifs is 1. The lowest BCUT2D eigenvalue weighted by molar-refractivity contribution is 0.469. The Bertz CT molecular complexity index is 991. The highest BCUT2D eigenvalue weighted by molar-refractivity contribution is 7.99. The summed E-state index contributed by atoms with van der Waals surface area (Å²) in [6.45, 7) is 0. The summed E-state index contributed by atoms with van der Waals surface area (Å²) in [4.78, 5) is 5.52. The summed E-state index contributed by atoms with van der Waals surface area (Å²) in [6.07, 6.45) is 1.64. The number of hydrogen-bond donors (Lipinski definition) is 1. The van der Waals surface area contributed by atoms with Crippen molar-refractivity contribution in [1.82, 2.24) is 4.98 Å². The van der Waals surface area contributed by atoms with Crippen molar-refractivity contribution in [2.45, 2.75) is 9.99 Å². The predicted molar refractivity (Wildman–Crippen MR) is 105 cm³/mol. The minimum atomic E-state index is 0.671. The highest BCUT2D eigenvalue weighted by Gasteiger charge is 2.04. The second-order valence-electron chi connectivity index (χ2n) is 5.07. The van der Waals surface area contributed by atoms with Crippen LogP contribution in [0.2, 0.25) is 5.02 Å². The Hall–Kier alpha value is -2.28. The summed E-state index contributed by atoms with van der Waals surface area (Å²) in [5.41, 5.74) is 3.91. The third-order valence-electron chi connectivity index (χ3n) is 3.28. The lowest BCUT2D eigenvalue weighted by Gasteiger charge is -1.97. The highest BCUT2D eigenvalue weighted by Crippen LogP contribution is 2.30. The van der Waals surface area contributed by atoms with Crippen LogP contribution in [-0.2, 0) is 0 Å². The van der Waals surface area contributed by atoms with Crippen molar-refractivity contribution in [3.8, 4) is 0 Å². The molecule has 2 aromatic carbocycles. The SMILES string of the molecule is Clc1ccc(Sc2ccc(C=NNc3nc4ccccc4s3)o2)cc1. The molecule has 0 bridgehead atoms. The van der Waals surface area contributed by atoms with Gasteiger partial charge < -0.3 is 4.42 Å². The van der Waals surface area contributed by atoms with Crippen molar-refractivity contribution in [3.05, 3.63) is 71.4 Å². The smallest absolute Gasteiger partial charge is 0.204 e. The van der Waals surface area contributed by atoms with Crippen LogP contribution in [0.1, 0.15) is 5.76 Å². The van der Waals surface area contributed by atoms with Crippen molar-refractivity contribution in [2.75, 3.05) is 5.43 Å². The molecule has 0 amide bonds. The summed E-state index contributed by atoms with van der Waals surface area (Å²) >= 11 is 8.98. The van der Waals surface area contributed by atoms with Crippen LogP contribution >= 0.6 is 34.7 Å². The maximum absolute atomic E-state index is 5.89. The molecule has 0 radical (unpaired) electrons. The lowest BCUT2D eigenvalue weighted by atomic mass is 10.3. The number of benzene rings is 2. The van der Waals surface area contributed by atoms with Crippen LogP contribution < -0.4 is 5.43 Å². The number of halogens is 1. The lowest BCUT2D eigenvalue weighted by Crippen LogP contribution is -1.88. The van der Waals surface area contributed by atoms with E-state index in [0.29, 0.717) is 5.76 Å². The Morgan fingerprint density at radius 1 is 1.08 bits per heavy atom. The van der Waals surface area contributed by atoms with Gasteiger partial charge in [0.1, 0.15) is 5.76 Å². The van der Waals surface area contributed by atoms with Gasteiger partial charge in [0.25, 0.3) is 0 Å². The van der Waals surface area contributed by atoms with E-state index in [1.54, 1.807) is 17.6 Å². The van der Waals surface area contributed by atoms with Gasteiger partial charge in [-0.1, -0.05) is 46.8 Å². The predicted octanol–water partition coefficient (Wildman–Crippen LogP) is 6.14. The van der Waals surface area contributed by atoms with Gasteiger partial charge in [0.2, 0.25) is 5.13 Å². The van der Waals surface area contributed by atoms with Gasteiger partial charge in [-0.3, -0.25) is 5.43 Å². The minimum absolute atomic E-state index is 0.671. The molecule has 0 aliphatic carbocycles. The molecule has 0 spiro atoms. The van der Waals surface area contributed by atoms with Crippen molar-refractivity contribution >= 4 is 56.3 Å². The average Bonchev–Trinajstić information content (AvgIpc) is 3.23. The first-order valence-corrected chi connectivity index (χ1v) is 9.45. The number of nitrogens with one attached hydrogen (secondary N) is 1. The highest BCUT2D eigenvalue weighted by atomic mass is 35.5. The summed E-state index contributed by atoms with van der Waals surface area (Å²) in [5, 5.41) is 6.46. The molecule has 4 aromatic rings. The van der Waals surface area contributed by atoms with Crippen LogP contribution in [0.25, 0.3) is 10.2 Å². The average molecular weight is 386 g/mol. The number of thiazole rings is 1. The van der Waals surface area contributed by atoms with Gasteiger partial charge in [-0.05, 0) is 48.5 Å². The summed E-state index contributed by atoms with van der Waals surface area (Å²) in [7, 11) is 0. The molecule has 0 aliphatic rings. The molecule has 124 valence electrons. The van der Waals surface area contributed by atoms with E-state index in [9.17, 15) is 0 Å². The van der Waals surface area contributed by atoms with E-state index in [1.165, 1.54) is 11.8 Å². The second-order valence-corrected chi connectivity index (χ2v) is 7.61. The zero-order chi connectivity index (χ0) is 17.1. The van der Waals surface area contributed by atoms with Crippen LogP contribution in [0.3, 0.4) is 0 Å². The van der Waals surface area contributed by atoms with Crippen molar-refractivity contribution < 1.29 is 4.42 Å². The third kappa shape index (κ3) is 4.04. The first kappa shape index (κ1) is 16.2. The maximum atomic E-state index is 5.89. The fourth-order valence-corrected chi connectivity index (χ4v) is 3.87. The number of hydrogen-bond acceptors (Lipinski definition) is 6. The first-order chi connectivity index (χ1) is 12.3. The van der Waals surface area contributed by atoms with Gasteiger partial charge in [0.05, 0.1) is 16.4 Å². The third-order valence-corrected chi connectivity index (χ3v) is 5.40. The molecule has 4 nitrogen and oxygen atoms in total. The number of nitrogens with zero attached hydrogens (tertiary/aromatic N) is 2. The Kier molecular flexibility index (Phi) is 4.74. The van der Waals surface area contributed by atoms with Crippen molar-refractivity contribution in [1.29, 1.82) is 0 Å². The summed E-state index contributed by atoms with van der Waals surface area (Å²) in [5.74, 6) is 0.671. The largest absolute Gasteiger partial charge is 0.448 e. The molecule has 0 saturated heterocycles. The molecule has 0 saturated carbocycles. The number of hydrazone groups is 1. The normalized spacial score (nSPS) is 11.4. The Labute approximate surface area is 157 Å². The molecular formula is C18H12ClN3OS2. The number of rotatable bonds is 5. The molecule has 2 heterocycles. The fourth-order valence-electron chi connectivity index (χ4n) is 2.15. The molecular weight excluding hydrogens is 374 g/mol. The van der Waals surface area contributed by atoms with Gasteiger partial charge in [-0.2, -0.15) is 5.10 Å². The van der Waals surface area contributed by atoms with Crippen LogP contribution in [0.15, 0.2) is 80.2 Å². The monoisotopic (exact) mass is 385 g/mol. The molecule has 0 fully saturated rings. The standard InChI is InChI=1S/C18H12ClN3OS2/c19-12-5-8-14(9-6-12)24-17-10-7-13(23-17)11-20-22-18-21-15-3-1-2-4-16(15)25-18/h1-11H,(H,21,22). The Morgan fingerprint density at radius 3 is 2.76 bits per heavy atom. The van der Waals surface area contributed by atoms with E-state index in [0.717, 1.165) is 30.4 Å². The van der Waals surface area contributed by atoms with Crippen LogP contribution in [0.5, 0.6) is 0 Å². The molecule has 4 rings (SSSR count). The van der Waals surface area contributed by atoms with E-state index in [1.807, 2.05) is 60.7 Å². The molecule has 7 heteroatoms. The molecule has 0 aliphatic heterocycles. The van der Waals surface area contributed by atoms with Gasteiger partial charge >= 0.3 is 0 Å². The number of para-hydroxylation sites is 1. The second kappa shape index (κ2) is 7.31. The quantitative estimate of drug-likeness (QED) is 0.331. The topological polar surface area (TPSA) is 50.4 Å². The molecule has 0 atom stereocenters. The molecule has 1 N–H and O–H groups in total. The van der Waals surface area contributed by atoms with E-state index in [-0.39, 0.29) is 0 Å². The minimum Gasteiger partial charge on any atom is -0.448 e. The van der Waals surface area contributed by atoms with Gasteiger partial charge in [-0.15, -0.1) is 0 Å².